The molecule has 0 amide bonds. The number of nitrogens with zero attached hydrogens (tertiary/aromatic N) is 1. The van der Waals surface area contributed by atoms with Crippen molar-refractivity contribution in [1.29, 1.82) is 0 Å². The molecule has 2 aromatic rings. The van der Waals surface area contributed by atoms with E-state index in [9.17, 15) is 9.90 Å². The second-order valence-corrected chi connectivity index (χ2v) is 4.36. The topological polar surface area (TPSA) is 59.4 Å². The summed E-state index contributed by atoms with van der Waals surface area (Å²) in [6.07, 6.45) is 0. The number of hydrogen-bond acceptors (Lipinski definition) is 3. The molecule has 0 unspecified atom stereocenters. The monoisotopic (exact) mass is 257 g/mol. The molecule has 0 aliphatic carbocycles. The Kier molecular flexibility index (Phi) is 3.51. The zero-order valence-electron chi connectivity index (χ0n) is 11.1. The number of ether oxygens (including phenoxy) is 1. The van der Waals surface area contributed by atoms with Crippen molar-refractivity contribution in [3.63, 3.8) is 0 Å². The largest absolute Gasteiger partial charge is 0.497 e. The van der Waals surface area contributed by atoms with E-state index in [-0.39, 0.29) is 5.56 Å². The highest BCUT2D eigenvalue weighted by molar-refractivity contribution is 5.96. The van der Waals surface area contributed by atoms with Gasteiger partial charge >= 0.3 is 5.97 Å². The summed E-state index contributed by atoms with van der Waals surface area (Å²) in [5.74, 6) is -0.440. The van der Waals surface area contributed by atoms with Crippen LogP contribution in [0.1, 0.15) is 21.7 Å². The summed E-state index contributed by atoms with van der Waals surface area (Å²) < 4.78 is 5.07. The predicted octanol–water partition coefficient (Wildman–Crippen LogP) is 3.07. The van der Waals surface area contributed by atoms with Crippen molar-refractivity contribution < 1.29 is 14.6 Å². The Morgan fingerprint density at radius 1 is 1.16 bits per heavy atom. The van der Waals surface area contributed by atoms with Gasteiger partial charge in [0, 0.05) is 11.4 Å². The van der Waals surface area contributed by atoms with E-state index in [4.69, 9.17) is 4.74 Å². The SMILES string of the molecule is COc1ccc(-c2cc(C)nc(C)c2)c(C(=O)O)c1. The van der Waals surface area contributed by atoms with Gasteiger partial charge in [0.05, 0.1) is 12.7 Å². The standard InChI is InChI=1S/C15H15NO3/c1-9-6-11(7-10(2)16-9)13-5-4-12(19-3)8-14(13)15(17)18/h4-8H,1-3H3,(H,17,18). The van der Waals surface area contributed by atoms with Crippen LogP contribution in [0.4, 0.5) is 0 Å². The Morgan fingerprint density at radius 3 is 2.32 bits per heavy atom. The number of carboxylic acids is 1. The molecule has 2 rings (SSSR count). The molecule has 0 saturated heterocycles. The molecule has 1 N–H and O–H groups in total. The third-order valence-corrected chi connectivity index (χ3v) is 2.85. The van der Waals surface area contributed by atoms with Crippen LogP contribution in [0.15, 0.2) is 30.3 Å². The number of hydrogen-bond donors (Lipinski definition) is 1. The molecule has 0 bridgehead atoms. The maximum Gasteiger partial charge on any atom is 0.336 e. The van der Waals surface area contributed by atoms with Gasteiger partial charge < -0.3 is 9.84 Å². The van der Waals surface area contributed by atoms with Crippen molar-refractivity contribution in [2.75, 3.05) is 7.11 Å². The van der Waals surface area contributed by atoms with Gasteiger partial charge in [-0.2, -0.15) is 0 Å². The first kappa shape index (κ1) is 13.1. The minimum Gasteiger partial charge on any atom is -0.497 e. The number of methoxy groups -OCH3 is 1. The van der Waals surface area contributed by atoms with Crippen molar-refractivity contribution in [3.05, 3.63) is 47.3 Å². The highest BCUT2D eigenvalue weighted by Gasteiger charge is 2.13. The number of carboxylic acid groups (broad SMARTS) is 1. The first-order valence-corrected chi connectivity index (χ1v) is 5.88. The Balaban J connectivity index is 2.64. The highest BCUT2D eigenvalue weighted by atomic mass is 16.5. The number of aromatic nitrogens is 1. The third kappa shape index (κ3) is 2.73. The summed E-state index contributed by atoms with van der Waals surface area (Å²) in [6, 6.07) is 8.80. The summed E-state index contributed by atoms with van der Waals surface area (Å²) in [7, 11) is 1.52. The van der Waals surface area contributed by atoms with Crippen molar-refractivity contribution in [2.45, 2.75) is 13.8 Å². The van der Waals surface area contributed by atoms with Gasteiger partial charge in [0.15, 0.2) is 0 Å². The maximum atomic E-state index is 11.4. The fourth-order valence-electron chi connectivity index (χ4n) is 2.07. The molecule has 0 aliphatic rings. The van der Waals surface area contributed by atoms with Crippen LogP contribution >= 0.6 is 0 Å². The van der Waals surface area contributed by atoms with Crippen LogP contribution in [0.2, 0.25) is 0 Å². The second-order valence-electron chi connectivity index (χ2n) is 4.36. The lowest BCUT2D eigenvalue weighted by atomic mass is 9.99. The third-order valence-electron chi connectivity index (χ3n) is 2.85. The van der Waals surface area contributed by atoms with Gasteiger partial charge in [0.25, 0.3) is 0 Å². The molecule has 1 heterocycles. The Bertz CT molecular complexity index is 615. The molecule has 98 valence electrons. The lowest BCUT2D eigenvalue weighted by molar-refractivity contribution is 0.0697. The van der Waals surface area contributed by atoms with Crippen molar-refractivity contribution in [2.24, 2.45) is 0 Å². The quantitative estimate of drug-likeness (QED) is 0.918. The summed E-state index contributed by atoms with van der Waals surface area (Å²) in [4.78, 5) is 15.7. The minimum atomic E-state index is -0.971. The van der Waals surface area contributed by atoms with E-state index in [0.717, 1.165) is 17.0 Å². The molecule has 4 nitrogen and oxygen atoms in total. The van der Waals surface area contributed by atoms with Gasteiger partial charge in [-0.1, -0.05) is 0 Å². The molecule has 0 atom stereocenters. The molecule has 0 fully saturated rings. The fourth-order valence-corrected chi connectivity index (χ4v) is 2.07. The lowest BCUT2D eigenvalue weighted by Gasteiger charge is -2.10. The van der Waals surface area contributed by atoms with Crippen molar-refractivity contribution in [1.82, 2.24) is 4.98 Å². The van der Waals surface area contributed by atoms with E-state index in [1.165, 1.54) is 13.2 Å². The van der Waals surface area contributed by atoms with Gasteiger partial charge in [-0.15, -0.1) is 0 Å². The van der Waals surface area contributed by atoms with Crippen LogP contribution in [-0.2, 0) is 0 Å². The number of benzene rings is 1. The number of carbonyl (C=O) groups is 1. The summed E-state index contributed by atoms with van der Waals surface area (Å²) in [5, 5.41) is 9.31. The van der Waals surface area contributed by atoms with Crippen LogP contribution < -0.4 is 4.74 Å². The van der Waals surface area contributed by atoms with E-state index < -0.39 is 5.97 Å². The Hall–Kier alpha value is -2.36. The number of aryl methyl sites for hydroxylation is 2. The van der Waals surface area contributed by atoms with Crippen LogP contribution in [0, 0.1) is 13.8 Å². The molecule has 0 aliphatic heterocycles. The van der Waals surface area contributed by atoms with Crippen molar-refractivity contribution in [3.8, 4) is 16.9 Å². The average molecular weight is 257 g/mol. The van der Waals surface area contributed by atoms with Crippen LogP contribution in [0.25, 0.3) is 11.1 Å². The number of rotatable bonds is 3. The lowest BCUT2D eigenvalue weighted by Crippen LogP contribution is -2.01. The van der Waals surface area contributed by atoms with Gasteiger partial charge in [0.2, 0.25) is 0 Å². The van der Waals surface area contributed by atoms with E-state index in [1.807, 2.05) is 26.0 Å². The first-order valence-electron chi connectivity index (χ1n) is 5.88. The van der Waals surface area contributed by atoms with Gasteiger partial charge in [-0.3, -0.25) is 4.98 Å². The number of aromatic carboxylic acids is 1. The average Bonchev–Trinajstić information content (AvgIpc) is 2.36. The Labute approximate surface area is 111 Å². The van der Waals surface area contributed by atoms with Crippen LogP contribution in [0.5, 0.6) is 5.75 Å². The highest BCUT2D eigenvalue weighted by Crippen LogP contribution is 2.28. The van der Waals surface area contributed by atoms with E-state index in [2.05, 4.69) is 4.98 Å². The normalized spacial score (nSPS) is 10.3. The summed E-state index contributed by atoms with van der Waals surface area (Å²) in [6.45, 7) is 3.78. The molecule has 1 aromatic carbocycles. The zero-order valence-corrected chi connectivity index (χ0v) is 11.1. The smallest absolute Gasteiger partial charge is 0.336 e. The van der Waals surface area contributed by atoms with Gasteiger partial charge in [-0.05, 0) is 55.3 Å². The molecule has 1 aromatic heterocycles. The van der Waals surface area contributed by atoms with Gasteiger partial charge in [-0.25, -0.2) is 4.79 Å². The van der Waals surface area contributed by atoms with Crippen LogP contribution in [-0.4, -0.2) is 23.2 Å². The van der Waals surface area contributed by atoms with Crippen molar-refractivity contribution >= 4 is 5.97 Å². The molecule has 0 spiro atoms. The minimum absolute atomic E-state index is 0.226. The molecule has 0 radical (unpaired) electrons. The van der Waals surface area contributed by atoms with Gasteiger partial charge in [0.1, 0.15) is 5.75 Å². The Morgan fingerprint density at radius 2 is 1.79 bits per heavy atom. The molecular formula is C15H15NO3. The predicted molar refractivity (Wildman–Crippen MR) is 72.7 cm³/mol. The van der Waals surface area contributed by atoms with E-state index in [1.54, 1.807) is 12.1 Å². The maximum absolute atomic E-state index is 11.4. The molecule has 4 heteroatoms. The number of pyridine rings is 1. The zero-order chi connectivity index (χ0) is 14.0. The summed E-state index contributed by atoms with van der Waals surface area (Å²) in [5.41, 5.74) is 3.47. The first-order chi connectivity index (χ1) is 9.01. The molecule has 0 saturated carbocycles. The molecule has 19 heavy (non-hydrogen) atoms. The molecular weight excluding hydrogens is 242 g/mol. The van der Waals surface area contributed by atoms with Crippen LogP contribution in [0.3, 0.4) is 0 Å². The fraction of sp³-hybridized carbons (Fsp3) is 0.200. The van der Waals surface area contributed by atoms with E-state index in [0.29, 0.717) is 11.3 Å². The summed E-state index contributed by atoms with van der Waals surface area (Å²) >= 11 is 0. The second kappa shape index (κ2) is 5.10. The van der Waals surface area contributed by atoms with E-state index >= 15 is 0 Å².